The fourth-order valence-corrected chi connectivity index (χ4v) is 4.42. The van der Waals surface area contributed by atoms with E-state index in [1.54, 1.807) is 18.2 Å². The molecule has 0 spiro atoms. The van der Waals surface area contributed by atoms with Crippen molar-refractivity contribution in [3.63, 3.8) is 0 Å². The van der Waals surface area contributed by atoms with Crippen LogP contribution < -0.4 is 14.6 Å². The number of benzene rings is 2. The Morgan fingerprint density at radius 2 is 1.77 bits per heavy atom. The number of hydrogen-bond acceptors (Lipinski definition) is 5. The van der Waals surface area contributed by atoms with E-state index in [1.807, 2.05) is 48.7 Å². The van der Waals surface area contributed by atoms with Crippen molar-refractivity contribution >= 4 is 15.8 Å². The van der Waals surface area contributed by atoms with Crippen LogP contribution in [0.1, 0.15) is 29.5 Å². The molecule has 0 fully saturated rings. The van der Waals surface area contributed by atoms with Crippen LogP contribution in [0.5, 0.6) is 11.5 Å². The Kier molecular flexibility index (Phi) is 5.60. The Morgan fingerprint density at radius 1 is 1.10 bits per heavy atom. The Balaban J connectivity index is 1.65. The number of aryl methyl sites for hydroxylation is 1. The van der Waals surface area contributed by atoms with Crippen molar-refractivity contribution in [2.75, 3.05) is 6.61 Å². The summed E-state index contributed by atoms with van der Waals surface area (Å²) >= 11 is 0. The molecule has 0 amide bonds. The van der Waals surface area contributed by atoms with Gasteiger partial charge in [0.25, 0.3) is 0 Å². The average molecular weight is 441 g/mol. The summed E-state index contributed by atoms with van der Waals surface area (Å²) in [6, 6.07) is 17.2. The van der Waals surface area contributed by atoms with Gasteiger partial charge in [-0.15, -0.1) is 0 Å². The fraction of sp³-hybridized carbons (Fsp3) is 0.261. The molecular formula is C23H24N2O5S. The molecule has 1 aliphatic heterocycles. The molecule has 0 bridgehead atoms. The van der Waals surface area contributed by atoms with E-state index in [-0.39, 0.29) is 10.7 Å². The van der Waals surface area contributed by atoms with Gasteiger partial charge in [-0.05, 0) is 61.9 Å². The van der Waals surface area contributed by atoms with Crippen molar-refractivity contribution in [1.29, 1.82) is 0 Å². The number of nitrogens with zero attached hydrogens (tertiary/aromatic N) is 1. The number of nitrogens with two attached hydrogens (primary N) is 1. The van der Waals surface area contributed by atoms with Crippen LogP contribution in [0, 0.1) is 12.8 Å². The topological polar surface area (TPSA) is 101 Å². The summed E-state index contributed by atoms with van der Waals surface area (Å²) in [4.78, 5) is 13.6. The third-order valence-electron chi connectivity index (χ3n) is 5.51. The molecule has 1 aliphatic rings. The number of carbonyl (C=O) groups excluding carboxylic acids is 1. The van der Waals surface area contributed by atoms with E-state index in [2.05, 4.69) is 0 Å². The second-order valence-corrected chi connectivity index (χ2v) is 9.09. The van der Waals surface area contributed by atoms with Gasteiger partial charge in [0.15, 0.2) is 17.3 Å². The van der Waals surface area contributed by atoms with Crippen LogP contribution in [0.15, 0.2) is 65.6 Å². The van der Waals surface area contributed by atoms with Crippen LogP contribution in [0.3, 0.4) is 0 Å². The highest BCUT2D eigenvalue weighted by molar-refractivity contribution is 7.89. The normalized spacial score (nSPS) is 16.7. The van der Waals surface area contributed by atoms with E-state index >= 15 is 0 Å². The second-order valence-electron chi connectivity index (χ2n) is 7.53. The van der Waals surface area contributed by atoms with E-state index in [0.29, 0.717) is 35.9 Å². The molecule has 2 N–H and O–H groups in total. The average Bonchev–Trinajstić information content (AvgIpc) is 3.15. The maximum absolute atomic E-state index is 13.5. The lowest BCUT2D eigenvalue weighted by molar-refractivity contribution is 0.0400. The molecule has 2 aromatic carbocycles. The lowest BCUT2D eigenvalue weighted by atomic mass is 9.92. The molecule has 0 radical (unpaired) electrons. The predicted molar refractivity (Wildman–Crippen MR) is 116 cm³/mol. The number of fused-ring (bicyclic) bond motifs is 1. The molecule has 31 heavy (non-hydrogen) atoms. The van der Waals surface area contributed by atoms with Crippen molar-refractivity contribution in [2.24, 2.45) is 11.1 Å². The molecule has 162 valence electrons. The first kappa shape index (κ1) is 21.1. The Hall–Kier alpha value is -3.10. The van der Waals surface area contributed by atoms with Crippen molar-refractivity contribution in [3.05, 3.63) is 72.1 Å². The Morgan fingerprint density at radius 3 is 2.42 bits per heavy atom. The van der Waals surface area contributed by atoms with E-state index in [0.717, 1.165) is 5.69 Å². The summed E-state index contributed by atoms with van der Waals surface area (Å²) in [5, 5.41) is 5.19. The number of hydrogen-bond donors (Lipinski definition) is 1. The number of Topliss-reactive ketones (excluding diaryl/α,β-unsaturated/α-hetero) is 1. The lowest BCUT2D eigenvalue weighted by Gasteiger charge is -2.31. The quantitative estimate of drug-likeness (QED) is 0.592. The largest absolute Gasteiger partial charge is 0.486 e. The summed E-state index contributed by atoms with van der Waals surface area (Å²) in [5.74, 6) is 0.856. The summed E-state index contributed by atoms with van der Waals surface area (Å²) in [5.41, 5.74) is 2.04. The zero-order chi connectivity index (χ0) is 22.2. The number of carbonyl (C=O) groups is 1. The molecule has 4 rings (SSSR count). The third kappa shape index (κ3) is 4.08. The number of para-hydroxylation sites is 2. The van der Waals surface area contributed by atoms with Gasteiger partial charge < -0.3 is 14.0 Å². The zero-order valence-electron chi connectivity index (χ0n) is 17.3. The van der Waals surface area contributed by atoms with Gasteiger partial charge in [0.2, 0.25) is 10.0 Å². The molecule has 2 atom stereocenters. The van der Waals surface area contributed by atoms with Crippen molar-refractivity contribution in [2.45, 2.75) is 31.3 Å². The molecule has 3 aromatic rings. The summed E-state index contributed by atoms with van der Waals surface area (Å²) in [6.45, 7) is 4.14. The highest BCUT2D eigenvalue weighted by Crippen LogP contribution is 2.34. The van der Waals surface area contributed by atoms with Gasteiger partial charge in [-0.25, -0.2) is 13.6 Å². The number of rotatable bonds is 6. The van der Waals surface area contributed by atoms with Crippen molar-refractivity contribution < 1.29 is 22.7 Å². The minimum Gasteiger partial charge on any atom is -0.486 e. The molecule has 8 heteroatoms. The summed E-state index contributed by atoms with van der Waals surface area (Å²) < 4.78 is 36.8. The van der Waals surface area contributed by atoms with Gasteiger partial charge in [0, 0.05) is 11.4 Å². The van der Waals surface area contributed by atoms with Crippen LogP contribution in [-0.2, 0) is 10.0 Å². The second kappa shape index (κ2) is 8.20. The number of aromatic nitrogens is 1. The van der Waals surface area contributed by atoms with Crippen LogP contribution in [-0.4, -0.2) is 31.5 Å². The standard InChI is InChI=1S/C23H24N2O5S/c1-3-18(22-14-29-20-6-4-5-7-21(20)30-22)23(26)19-13-8-15(2)25(19)16-9-11-17(12-10-16)31(24,27)28/h4-13,18,22H,3,14H2,1-2H3,(H2,24,27,28). The molecule has 2 heterocycles. The summed E-state index contributed by atoms with van der Waals surface area (Å²) in [6.07, 6.45) is 0.185. The van der Waals surface area contributed by atoms with Crippen molar-refractivity contribution in [3.8, 4) is 17.2 Å². The van der Waals surface area contributed by atoms with Crippen LogP contribution in [0.25, 0.3) is 5.69 Å². The van der Waals surface area contributed by atoms with E-state index < -0.39 is 22.0 Å². The molecule has 0 aliphatic carbocycles. The van der Waals surface area contributed by atoms with E-state index in [1.165, 1.54) is 12.1 Å². The monoisotopic (exact) mass is 440 g/mol. The Labute approximate surface area is 181 Å². The molecule has 0 saturated carbocycles. The predicted octanol–water partition coefficient (Wildman–Crippen LogP) is 3.48. The maximum atomic E-state index is 13.5. The number of ether oxygens (including phenoxy) is 2. The molecule has 0 saturated heterocycles. The van der Waals surface area contributed by atoms with E-state index in [9.17, 15) is 13.2 Å². The van der Waals surface area contributed by atoms with Gasteiger partial charge in [-0.3, -0.25) is 4.79 Å². The van der Waals surface area contributed by atoms with Gasteiger partial charge in [-0.2, -0.15) is 0 Å². The number of ketones is 1. The summed E-state index contributed by atoms with van der Waals surface area (Å²) in [7, 11) is -3.79. The van der Waals surface area contributed by atoms with E-state index in [4.69, 9.17) is 14.6 Å². The Bertz CT molecular complexity index is 1220. The molecular weight excluding hydrogens is 416 g/mol. The van der Waals surface area contributed by atoms with Gasteiger partial charge in [0.05, 0.1) is 16.5 Å². The number of sulfonamides is 1. The molecule has 1 aromatic heterocycles. The van der Waals surface area contributed by atoms with Gasteiger partial charge >= 0.3 is 0 Å². The third-order valence-corrected chi connectivity index (χ3v) is 6.44. The zero-order valence-corrected chi connectivity index (χ0v) is 18.1. The molecule has 7 nitrogen and oxygen atoms in total. The van der Waals surface area contributed by atoms with Crippen LogP contribution in [0.4, 0.5) is 0 Å². The first-order valence-corrected chi connectivity index (χ1v) is 11.6. The van der Waals surface area contributed by atoms with Gasteiger partial charge in [-0.1, -0.05) is 19.1 Å². The first-order valence-electron chi connectivity index (χ1n) is 10.0. The minimum atomic E-state index is -3.79. The maximum Gasteiger partial charge on any atom is 0.238 e. The smallest absolute Gasteiger partial charge is 0.238 e. The van der Waals surface area contributed by atoms with Gasteiger partial charge in [0.1, 0.15) is 12.7 Å². The first-order chi connectivity index (χ1) is 14.8. The SMILES string of the molecule is CCC(C(=O)c1ccc(C)n1-c1ccc(S(N)(=O)=O)cc1)C1COc2ccccc2O1. The highest BCUT2D eigenvalue weighted by atomic mass is 32.2. The van der Waals surface area contributed by atoms with Crippen LogP contribution >= 0.6 is 0 Å². The van der Waals surface area contributed by atoms with Crippen molar-refractivity contribution in [1.82, 2.24) is 4.57 Å². The molecule has 2 unspecified atom stereocenters. The highest BCUT2D eigenvalue weighted by Gasteiger charge is 2.34. The number of primary sulfonamides is 1. The lowest BCUT2D eigenvalue weighted by Crippen LogP contribution is -2.40. The fourth-order valence-electron chi connectivity index (χ4n) is 3.90. The van der Waals surface area contributed by atoms with Crippen LogP contribution in [0.2, 0.25) is 0 Å². The minimum absolute atomic E-state index is 0.0202.